The van der Waals surface area contributed by atoms with Crippen LogP contribution in [-0.2, 0) is 9.47 Å². The lowest BCUT2D eigenvalue weighted by molar-refractivity contribution is -0.521. The first-order chi connectivity index (χ1) is 6.79. The van der Waals surface area contributed by atoms with Gasteiger partial charge in [0.15, 0.2) is 0 Å². The lowest BCUT2D eigenvalue weighted by Crippen LogP contribution is -2.30. The van der Waals surface area contributed by atoms with E-state index in [4.69, 9.17) is 9.47 Å². The van der Waals surface area contributed by atoms with Crippen molar-refractivity contribution in [3.05, 3.63) is 0 Å². The lowest BCUT2D eigenvalue weighted by atomic mass is 10.5. The predicted octanol–water partition coefficient (Wildman–Crippen LogP) is 0.0257. The molecule has 0 aliphatic carbocycles. The predicted molar refractivity (Wildman–Crippen MR) is 56.0 cm³/mol. The van der Waals surface area contributed by atoms with E-state index in [0.717, 1.165) is 39.4 Å². The Balaban J connectivity index is 2.38. The standard InChI is InChI=1S/C10H21N2O2/c1-10-11(6-8-13-2)4-5-12(10)7-9-14-3/h4-9H2,1-3H3/q+1. The molecular formula is C10H21N2O2+. The van der Waals surface area contributed by atoms with Crippen LogP contribution >= 0.6 is 0 Å². The van der Waals surface area contributed by atoms with E-state index in [1.165, 1.54) is 5.84 Å². The van der Waals surface area contributed by atoms with Gasteiger partial charge >= 0.3 is 0 Å². The molecule has 1 heterocycles. The van der Waals surface area contributed by atoms with Crippen LogP contribution in [0.15, 0.2) is 0 Å². The van der Waals surface area contributed by atoms with Gasteiger partial charge < -0.3 is 9.47 Å². The van der Waals surface area contributed by atoms with E-state index in [-0.39, 0.29) is 0 Å². The van der Waals surface area contributed by atoms with Crippen molar-refractivity contribution in [1.29, 1.82) is 0 Å². The summed E-state index contributed by atoms with van der Waals surface area (Å²) in [5.74, 6) is 1.35. The highest BCUT2D eigenvalue weighted by atomic mass is 16.5. The molecule has 0 atom stereocenters. The van der Waals surface area contributed by atoms with Gasteiger partial charge in [0.2, 0.25) is 5.84 Å². The fourth-order valence-corrected chi connectivity index (χ4v) is 1.72. The van der Waals surface area contributed by atoms with Gasteiger partial charge in [0, 0.05) is 21.1 Å². The second kappa shape index (κ2) is 5.98. The van der Waals surface area contributed by atoms with Gasteiger partial charge in [-0.3, -0.25) is 9.48 Å². The summed E-state index contributed by atoms with van der Waals surface area (Å²) < 4.78 is 12.5. The fourth-order valence-electron chi connectivity index (χ4n) is 1.72. The number of amidine groups is 1. The van der Waals surface area contributed by atoms with E-state index >= 15 is 0 Å². The number of methoxy groups -OCH3 is 2. The Morgan fingerprint density at radius 3 is 2.64 bits per heavy atom. The van der Waals surface area contributed by atoms with Gasteiger partial charge in [-0.15, -0.1) is 0 Å². The first-order valence-corrected chi connectivity index (χ1v) is 5.11. The number of ether oxygens (including phenoxy) is 2. The van der Waals surface area contributed by atoms with Crippen molar-refractivity contribution in [2.75, 3.05) is 53.6 Å². The lowest BCUT2D eigenvalue weighted by Gasteiger charge is -2.09. The molecule has 0 aromatic rings. The summed E-state index contributed by atoms with van der Waals surface area (Å²) in [4.78, 5) is 2.36. The molecule has 0 radical (unpaired) electrons. The van der Waals surface area contributed by atoms with Crippen LogP contribution in [-0.4, -0.2) is 68.9 Å². The molecule has 0 bridgehead atoms. The van der Waals surface area contributed by atoms with Gasteiger partial charge in [0.05, 0.1) is 13.2 Å². The first-order valence-electron chi connectivity index (χ1n) is 5.11. The van der Waals surface area contributed by atoms with Crippen LogP contribution in [0.5, 0.6) is 0 Å². The maximum absolute atomic E-state index is 5.07. The van der Waals surface area contributed by atoms with Gasteiger partial charge in [0.25, 0.3) is 0 Å². The van der Waals surface area contributed by atoms with Gasteiger partial charge in [-0.25, -0.2) is 0 Å². The van der Waals surface area contributed by atoms with E-state index in [0.29, 0.717) is 0 Å². The maximum Gasteiger partial charge on any atom is 0.244 e. The first kappa shape index (κ1) is 11.5. The van der Waals surface area contributed by atoms with Gasteiger partial charge in [-0.1, -0.05) is 0 Å². The summed E-state index contributed by atoms with van der Waals surface area (Å²) in [5, 5.41) is 0. The van der Waals surface area contributed by atoms with Crippen LogP contribution in [0, 0.1) is 0 Å². The molecule has 0 aromatic heterocycles. The van der Waals surface area contributed by atoms with Crippen LogP contribution in [0.1, 0.15) is 6.92 Å². The zero-order chi connectivity index (χ0) is 10.4. The highest BCUT2D eigenvalue weighted by Crippen LogP contribution is 2.01. The molecule has 0 N–H and O–H groups in total. The van der Waals surface area contributed by atoms with Crippen molar-refractivity contribution in [2.24, 2.45) is 0 Å². The third-order valence-corrected chi connectivity index (χ3v) is 2.69. The second-order valence-electron chi connectivity index (χ2n) is 3.51. The third-order valence-electron chi connectivity index (χ3n) is 2.69. The van der Waals surface area contributed by atoms with Gasteiger partial charge in [-0.2, -0.15) is 0 Å². The van der Waals surface area contributed by atoms with E-state index in [1.54, 1.807) is 14.2 Å². The highest BCUT2D eigenvalue weighted by molar-refractivity contribution is 5.75. The van der Waals surface area contributed by atoms with E-state index < -0.39 is 0 Å². The summed E-state index contributed by atoms with van der Waals surface area (Å²) in [6.45, 7) is 7.97. The van der Waals surface area contributed by atoms with Crippen LogP contribution in [0.2, 0.25) is 0 Å². The number of nitrogens with zero attached hydrogens (tertiary/aromatic N) is 2. The van der Waals surface area contributed by atoms with Crippen molar-refractivity contribution >= 4 is 5.84 Å². The highest BCUT2D eigenvalue weighted by Gasteiger charge is 2.25. The molecule has 4 heteroatoms. The van der Waals surface area contributed by atoms with E-state index in [1.807, 2.05) is 0 Å². The number of rotatable bonds is 6. The minimum absolute atomic E-state index is 0.801. The molecule has 1 aliphatic rings. The minimum Gasteiger partial charge on any atom is -0.381 e. The molecule has 82 valence electrons. The third kappa shape index (κ3) is 2.96. The van der Waals surface area contributed by atoms with Crippen molar-refractivity contribution in [3.63, 3.8) is 0 Å². The Morgan fingerprint density at radius 1 is 1.29 bits per heavy atom. The summed E-state index contributed by atoms with van der Waals surface area (Å²) in [6, 6.07) is 0. The SMILES string of the molecule is COCCN1CC[N+](CCOC)=C1C. The minimum atomic E-state index is 0.801. The Kier molecular flexibility index (Phi) is 4.90. The largest absolute Gasteiger partial charge is 0.381 e. The summed E-state index contributed by atoms with van der Waals surface area (Å²) in [6.07, 6.45) is 0. The average Bonchev–Trinajstić information content (AvgIpc) is 2.54. The Morgan fingerprint density at radius 2 is 2.00 bits per heavy atom. The molecule has 0 saturated heterocycles. The summed E-state index contributed by atoms with van der Waals surface area (Å²) in [5.41, 5.74) is 0. The molecule has 0 saturated carbocycles. The molecule has 14 heavy (non-hydrogen) atoms. The smallest absolute Gasteiger partial charge is 0.244 e. The van der Waals surface area contributed by atoms with Crippen molar-refractivity contribution in [3.8, 4) is 0 Å². The molecule has 0 fully saturated rings. The number of hydrogen-bond acceptors (Lipinski definition) is 3. The Hall–Kier alpha value is -0.610. The zero-order valence-corrected chi connectivity index (χ0v) is 9.45. The maximum atomic E-state index is 5.07. The molecule has 4 nitrogen and oxygen atoms in total. The van der Waals surface area contributed by atoms with Crippen LogP contribution < -0.4 is 0 Å². The zero-order valence-electron chi connectivity index (χ0n) is 9.45. The average molecular weight is 201 g/mol. The van der Waals surface area contributed by atoms with Gasteiger partial charge in [0.1, 0.15) is 26.2 Å². The van der Waals surface area contributed by atoms with Crippen LogP contribution in [0.4, 0.5) is 0 Å². The molecule has 0 aromatic carbocycles. The quantitative estimate of drug-likeness (QED) is 0.567. The van der Waals surface area contributed by atoms with Crippen molar-refractivity contribution in [2.45, 2.75) is 6.92 Å². The van der Waals surface area contributed by atoms with Crippen molar-refractivity contribution < 1.29 is 14.0 Å². The molecular weight excluding hydrogens is 180 g/mol. The van der Waals surface area contributed by atoms with Crippen molar-refractivity contribution in [1.82, 2.24) is 4.90 Å². The Labute approximate surface area is 86.1 Å². The molecule has 1 aliphatic heterocycles. The molecule has 0 unspecified atom stereocenters. The second-order valence-corrected chi connectivity index (χ2v) is 3.51. The molecule has 1 rings (SSSR count). The monoisotopic (exact) mass is 201 g/mol. The Bertz CT molecular complexity index is 204. The van der Waals surface area contributed by atoms with Crippen LogP contribution in [0.3, 0.4) is 0 Å². The normalized spacial score (nSPS) is 16.9. The summed E-state index contributed by atoms with van der Waals surface area (Å²) >= 11 is 0. The van der Waals surface area contributed by atoms with Gasteiger partial charge in [-0.05, 0) is 0 Å². The van der Waals surface area contributed by atoms with E-state index in [2.05, 4.69) is 16.4 Å². The summed E-state index contributed by atoms with van der Waals surface area (Å²) in [7, 11) is 3.49. The molecule has 0 amide bonds. The molecule has 0 spiro atoms. The topological polar surface area (TPSA) is 24.7 Å². The van der Waals surface area contributed by atoms with Crippen LogP contribution in [0.25, 0.3) is 0 Å². The number of hydrogen-bond donors (Lipinski definition) is 0. The van der Waals surface area contributed by atoms with E-state index in [9.17, 15) is 0 Å². The fraction of sp³-hybridized carbons (Fsp3) is 0.900.